The van der Waals surface area contributed by atoms with E-state index < -0.39 is 0 Å². The molecule has 0 saturated carbocycles. The quantitative estimate of drug-likeness (QED) is 0.368. The van der Waals surface area contributed by atoms with Crippen LogP contribution in [0.1, 0.15) is 27.2 Å². The van der Waals surface area contributed by atoms with Gasteiger partial charge in [-0.15, -0.1) is 12.6 Å². The molecule has 0 bridgehead atoms. The maximum atomic E-state index is 5.51. The third-order valence-corrected chi connectivity index (χ3v) is 2.51. The summed E-state index contributed by atoms with van der Waals surface area (Å²) in [6.45, 7) is 6.18. The molecule has 1 unspecified atom stereocenters. The van der Waals surface area contributed by atoms with Crippen molar-refractivity contribution < 1.29 is 4.74 Å². The lowest BCUT2D eigenvalue weighted by Gasteiger charge is -2.25. The molecular formula is C6H16OSSi. The third kappa shape index (κ3) is 5.00. The van der Waals surface area contributed by atoms with E-state index in [9.17, 15) is 0 Å². The van der Waals surface area contributed by atoms with Crippen molar-refractivity contribution in [2.24, 2.45) is 0 Å². The minimum Gasteiger partial charge on any atom is -0.367 e. The van der Waals surface area contributed by atoms with E-state index in [-0.39, 0.29) is 4.56 Å². The molecule has 0 aromatic carbocycles. The van der Waals surface area contributed by atoms with E-state index in [2.05, 4.69) is 19.6 Å². The molecule has 0 aromatic rings. The Bertz CT molecular complexity index is 83.1. The van der Waals surface area contributed by atoms with E-state index in [0.717, 1.165) is 16.7 Å². The van der Waals surface area contributed by atoms with Crippen LogP contribution in [-0.4, -0.2) is 20.9 Å². The molecule has 0 aliphatic carbocycles. The number of hydrogen-bond donors (Lipinski definition) is 1. The number of hydrogen-bond acceptors (Lipinski definition) is 2. The van der Waals surface area contributed by atoms with Crippen LogP contribution in [0.3, 0.4) is 0 Å². The Balaban J connectivity index is 3.58. The van der Waals surface area contributed by atoms with Crippen LogP contribution in [-0.2, 0) is 4.74 Å². The van der Waals surface area contributed by atoms with Gasteiger partial charge < -0.3 is 4.74 Å². The molecule has 0 spiro atoms. The van der Waals surface area contributed by atoms with E-state index in [1.807, 2.05) is 13.8 Å². The SMILES string of the molecule is CCC([SiH3])(S)OC(C)C. The van der Waals surface area contributed by atoms with E-state index in [1.165, 1.54) is 0 Å². The van der Waals surface area contributed by atoms with E-state index in [0.29, 0.717) is 6.10 Å². The van der Waals surface area contributed by atoms with E-state index >= 15 is 0 Å². The van der Waals surface area contributed by atoms with Crippen LogP contribution in [0.2, 0.25) is 0 Å². The minimum atomic E-state index is -0.103. The van der Waals surface area contributed by atoms with Gasteiger partial charge in [-0.2, -0.15) is 0 Å². The molecule has 0 saturated heterocycles. The first-order valence-corrected chi connectivity index (χ1v) is 4.83. The summed E-state index contributed by atoms with van der Waals surface area (Å²) >= 11 is 4.37. The van der Waals surface area contributed by atoms with Crippen LogP contribution in [0, 0.1) is 0 Å². The van der Waals surface area contributed by atoms with Gasteiger partial charge in [-0.25, -0.2) is 0 Å². The fourth-order valence-corrected chi connectivity index (χ4v) is 1.27. The highest BCUT2D eigenvalue weighted by molar-refractivity contribution is 7.83. The molecule has 56 valence electrons. The van der Waals surface area contributed by atoms with Crippen molar-refractivity contribution in [1.29, 1.82) is 0 Å². The lowest BCUT2D eigenvalue weighted by molar-refractivity contribution is 0.0328. The van der Waals surface area contributed by atoms with Crippen LogP contribution in [0.4, 0.5) is 0 Å². The van der Waals surface area contributed by atoms with Crippen LogP contribution < -0.4 is 0 Å². The Morgan fingerprint density at radius 1 is 1.67 bits per heavy atom. The molecule has 0 amide bonds. The Morgan fingerprint density at radius 2 is 2.11 bits per heavy atom. The molecule has 3 heteroatoms. The van der Waals surface area contributed by atoms with E-state index in [1.54, 1.807) is 0 Å². The monoisotopic (exact) mass is 164 g/mol. The average Bonchev–Trinajstić information content (AvgIpc) is 1.63. The fraction of sp³-hybridized carbons (Fsp3) is 1.00. The van der Waals surface area contributed by atoms with Gasteiger partial charge >= 0.3 is 0 Å². The van der Waals surface area contributed by atoms with Gasteiger partial charge in [0.1, 0.15) is 0 Å². The van der Waals surface area contributed by atoms with Crippen LogP contribution in [0.5, 0.6) is 0 Å². The Kier molecular flexibility index (Phi) is 3.85. The number of thiol groups is 1. The summed E-state index contributed by atoms with van der Waals surface area (Å²) in [6, 6.07) is 0. The van der Waals surface area contributed by atoms with Gasteiger partial charge in [0.05, 0.1) is 20.9 Å². The van der Waals surface area contributed by atoms with Crippen molar-refractivity contribution in [2.45, 2.75) is 37.9 Å². The zero-order valence-electron chi connectivity index (χ0n) is 6.64. The molecule has 0 rings (SSSR count). The van der Waals surface area contributed by atoms with Gasteiger partial charge in [0.25, 0.3) is 0 Å². The molecule has 0 aromatic heterocycles. The van der Waals surface area contributed by atoms with Crippen LogP contribution in [0.15, 0.2) is 0 Å². The minimum absolute atomic E-state index is 0.103. The Morgan fingerprint density at radius 3 is 2.22 bits per heavy atom. The lowest BCUT2D eigenvalue weighted by atomic mass is 10.4. The highest BCUT2D eigenvalue weighted by Crippen LogP contribution is 2.17. The largest absolute Gasteiger partial charge is 0.367 e. The first-order chi connectivity index (χ1) is 3.98. The second kappa shape index (κ2) is 3.64. The Hall–Kier alpha value is 0.527. The van der Waals surface area contributed by atoms with Crippen molar-refractivity contribution >= 4 is 22.9 Å². The van der Waals surface area contributed by atoms with E-state index in [4.69, 9.17) is 4.74 Å². The maximum absolute atomic E-state index is 5.51. The topological polar surface area (TPSA) is 9.23 Å². The summed E-state index contributed by atoms with van der Waals surface area (Å²) in [7, 11) is 0.989. The molecule has 9 heavy (non-hydrogen) atoms. The third-order valence-electron chi connectivity index (χ3n) is 1.15. The zero-order chi connectivity index (χ0) is 7.49. The van der Waals surface area contributed by atoms with Gasteiger partial charge in [0, 0.05) is 0 Å². The standard InChI is InChI=1S/C6H16OSSi/c1-4-6(8,9)7-5(2)3/h5,8H,4H2,1-3,9H3. The predicted octanol–water partition coefficient (Wildman–Crippen LogP) is 0.770. The summed E-state index contributed by atoms with van der Waals surface area (Å²) < 4.78 is 5.41. The molecule has 0 radical (unpaired) electrons. The highest BCUT2D eigenvalue weighted by Gasteiger charge is 2.17. The van der Waals surface area contributed by atoms with Crippen LogP contribution in [0.25, 0.3) is 0 Å². The van der Waals surface area contributed by atoms with Crippen molar-refractivity contribution in [2.75, 3.05) is 0 Å². The molecule has 1 atom stereocenters. The van der Waals surface area contributed by atoms with Crippen molar-refractivity contribution in [3.8, 4) is 0 Å². The molecule has 1 nitrogen and oxygen atoms in total. The first kappa shape index (κ1) is 9.53. The van der Waals surface area contributed by atoms with Gasteiger partial charge in [0.2, 0.25) is 0 Å². The Labute approximate surface area is 66.0 Å². The number of ether oxygens (including phenoxy) is 1. The summed E-state index contributed by atoms with van der Waals surface area (Å²) in [4.78, 5) is 0. The smallest absolute Gasteiger partial charge is 0.0884 e. The summed E-state index contributed by atoms with van der Waals surface area (Å²) in [5, 5.41) is 0. The zero-order valence-corrected chi connectivity index (χ0v) is 9.53. The molecule has 0 aliphatic heterocycles. The van der Waals surface area contributed by atoms with Crippen molar-refractivity contribution in [3.63, 3.8) is 0 Å². The summed E-state index contributed by atoms with van der Waals surface area (Å²) in [5.41, 5.74) is 0. The van der Waals surface area contributed by atoms with Crippen molar-refractivity contribution in [1.82, 2.24) is 0 Å². The maximum Gasteiger partial charge on any atom is 0.0884 e. The van der Waals surface area contributed by atoms with Crippen molar-refractivity contribution in [3.05, 3.63) is 0 Å². The molecule has 0 heterocycles. The lowest BCUT2D eigenvalue weighted by Crippen LogP contribution is -2.28. The molecular weight excluding hydrogens is 148 g/mol. The summed E-state index contributed by atoms with van der Waals surface area (Å²) in [6.07, 6.45) is 1.31. The average molecular weight is 164 g/mol. The van der Waals surface area contributed by atoms with Gasteiger partial charge in [-0.1, -0.05) is 6.92 Å². The predicted molar refractivity (Wildman–Crippen MR) is 48.2 cm³/mol. The second-order valence-corrected chi connectivity index (χ2v) is 6.10. The van der Waals surface area contributed by atoms with Crippen LogP contribution >= 0.6 is 12.6 Å². The normalized spacial score (nSPS) is 18.3. The van der Waals surface area contributed by atoms with Gasteiger partial charge in [0.15, 0.2) is 0 Å². The number of rotatable bonds is 3. The first-order valence-electron chi connectivity index (χ1n) is 3.38. The van der Waals surface area contributed by atoms with Gasteiger partial charge in [-0.05, 0) is 20.3 Å². The molecule has 0 fully saturated rings. The van der Waals surface area contributed by atoms with Gasteiger partial charge in [-0.3, -0.25) is 0 Å². The second-order valence-electron chi connectivity index (χ2n) is 2.70. The molecule has 0 aliphatic rings. The fourth-order valence-electron chi connectivity index (χ4n) is 0.591. The molecule has 0 N–H and O–H groups in total. The summed E-state index contributed by atoms with van der Waals surface area (Å²) in [5.74, 6) is 0. The highest BCUT2D eigenvalue weighted by atomic mass is 32.1.